The molecule has 0 radical (unpaired) electrons. The summed E-state index contributed by atoms with van der Waals surface area (Å²) >= 11 is 0. The smallest absolute Gasteiger partial charge is 0.497 e. The van der Waals surface area contributed by atoms with E-state index in [0.29, 0.717) is 11.4 Å². The Kier molecular flexibility index (Phi) is 6.89. The number of allylic oxidation sites excluding steroid dienone is 1. The maximum absolute atomic E-state index is 12.8. The lowest BCUT2D eigenvalue weighted by atomic mass is 10.2. The molecule has 9 nitrogen and oxygen atoms in total. The van der Waals surface area contributed by atoms with Gasteiger partial charge in [0, 0.05) is 37.0 Å². The average molecular weight is 473 g/mol. The van der Waals surface area contributed by atoms with Gasteiger partial charge in [-0.15, -0.1) is 13.2 Å². The summed E-state index contributed by atoms with van der Waals surface area (Å²) in [6.45, 7) is 9.16. The Hall–Kier alpha value is -4.35. The summed E-state index contributed by atoms with van der Waals surface area (Å²) in [6.07, 6.45) is 1.40. The van der Waals surface area contributed by atoms with Gasteiger partial charge in [-0.25, -0.2) is 15.0 Å². The fourth-order valence-corrected chi connectivity index (χ4v) is 2.92. The van der Waals surface area contributed by atoms with Crippen LogP contribution in [0.25, 0.3) is 11.3 Å². The van der Waals surface area contributed by atoms with Crippen LogP contribution < -0.4 is 20.2 Å². The van der Waals surface area contributed by atoms with Gasteiger partial charge in [0.1, 0.15) is 17.2 Å². The maximum Gasteiger partial charge on any atom is 0.573 e. The molecular formula is C22H22F3N7O2. The lowest BCUT2D eigenvalue weighted by Crippen LogP contribution is -2.20. The maximum atomic E-state index is 12.8. The number of ether oxygens (including phenoxy) is 2. The fourth-order valence-electron chi connectivity index (χ4n) is 2.92. The van der Waals surface area contributed by atoms with E-state index in [-0.39, 0.29) is 28.6 Å². The molecule has 34 heavy (non-hydrogen) atoms. The van der Waals surface area contributed by atoms with E-state index in [9.17, 15) is 13.2 Å². The number of nitrogens with zero attached hydrogens (tertiary/aromatic N) is 6. The predicted octanol–water partition coefficient (Wildman–Crippen LogP) is 4.30. The van der Waals surface area contributed by atoms with Crippen molar-refractivity contribution in [3.8, 4) is 22.8 Å². The largest absolute Gasteiger partial charge is 0.573 e. The zero-order valence-corrected chi connectivity index (χ0v) is 18.7. The molecule has 12 heteroatoms. The van der Waals surface area contributed by atoms with Gasteiger partial charge in [0.05, 0.1) is 42.3 Å². The molecule has 0 amide bonds. The van der Waals surface area contributed by atoms with Gasteiger partial charge in [0.15, 0.2) is 5.82 Å². The van der Waals surface area contributed by atoms with Crippen LogP contribution in [0.4, 0.5) is 24.7 Å². The van der Waals surface area contributed by atoms with E-state index in [1.54, 1.807) is 31.0 Å². The number of halogens is 3. The Labute approximate surface area is 193 Å². The van der Waals surface area contributed by atoms with E-state index in [1.165, 1.54) is 30.5 Å². The van der Waals surface area contributed by atoms with Crippen molar-refractivity contribution in [1.29, 1.82) is 0 Å². The SMILES string of the molecule is C=CC(=C)N(/N=C(\C)c1nc(-c2cnn(C)c2)cnc1N)c1cc(OC)cc(OC(F)(F)F)c1. The quantitative estimate of drug-likeness (QED) is 0.296. The number of hydrogen-bond acceptors (Lipinski definition) is 8. The van der Waals surface area contributed by atoms with Crippen LogP contribution in [0.2, 0.25) is 0 Å². The Balaban J connectivity index is 2.08. The first-order chi connectivity index (χ1) is 16.0. The molecule has 0 fully saturated rings. The molecule has 3 rings (SSSR count). The second kappa shape index (κ2) is 9.65. The number of methoxy groups -OCH3 is 1. The topological polar surface area (TPSA) is 104 Å². The van der Waals surface area contributed by atoms with E-state index in [1.807, 2.05) is 0 Å². The highest BCUT2D eigenvalue weighted by molar-refractivity contribution is 6.01. The molecule has 0 aliphatic rings. The lowest BCUT2D eigenvalue weighted by Gasteiger charge is -2.22. The first-order valence-electron chi connectivity index (χ1n) is 9.74. The third-order valence-corrected chi connectivity index (χ3v) is 4.48. The first kappa shape index (κ1) is 24.3. The van der Waals surface area contributed by atoms with Crippen LogP contribution in [0.5, 0.6) is 11.5 Å². The molecule has 2 aromatic heterocycles. The molecule has 0 unspecified atom stereocenters. The minimum atomic E-state index is -4.89. The number of alkyl halides is 3. The summed E-state index contributed by atoms with van der Waals surface area (Å²) in [6, 6.07) is 3.71. The van der Waals surface area contributed by atoms with E-state index >= 15 is 0 Å². The molecule has 0 saturated carbocycles. The molecule has 0 aliphatic heterocycles. The molecular weight excluding hydrogens is 451 g/mol. The fraction of sp³-hybridized carbons (Fsp3) is 0.182. The molecule has 178 valence electrons. The Morgan fingerprint density at radius 2 is 1.94 bits per heavy atom. The molecule has 3 aromatic rings. The molecule has 1 aromatic carbocycles. The van der Waals surface area contributed by atoms with Crippen molar-refractivity contribution in [2.45, 2.75) is 13.3 Å². The van der Waals surface area contributed by atoms with Gasteiger partial charge in [-0.3, -0.25) is 4.68 Å². The zero-order valence-electron chi connectivity index (χ0n) is 18.7. The lowest BCUT2D eigenvalue weighted by molar-refractivity contribution is -0.274. The number of anilines is 2. The van der Waals surface area contributed by atoms with Crippen LogP contribution in [0.1, 0.15) is 12.6 Å². The monoisotopic (exact) mass is 473 g/mol. The number of aromatic nitrogens is 4. The predicted molar refractivity (Wildman–Crippen MR) is 122 cm³/mol. The third kappa shape index (κ3) is 5.71. The highest BCUT2D eigenvalue weighted by atomic mass is 19.4. The van der Waals surface area contributed by atoms with Crippen molar-refractivity contribution in [3.05, 3.63) is 67.4 Å². The van der Waals surface area contributed by atoms with Crippen LogP contribution in [0.3, 0.4) is 0 Å². The summed E-state index contributed by atoms with van der Waals surface area (Å²) in [5.41, 5.74) is 8.31. The van der Waals surface area contributed by atoms with Gasteiger partial charge in [0.2, 0.25) is 0 Å². The van der Waals surface area contributed by atoms with E-state index in [0.717, 1.165) is 17.7 Å². The average Bonchev–Trinajstić information content (AvgIpc) is 3.21. The minimum absolute atomic E-state index is 0.115. The van der Waals surface area contributed by atoms with Gasteiger partial charge < -0.3 is 15.2 Å². The first-order valence-corrected chi connectivity index (χ1v) is 9.74. The van der Waals surface area contributed by atoms with Crippen LogP contribution in [-0.2, 0) is 7.05 Å². The standard InChI is InChI=1S/C22H22F3N7O2/c1-6-13(2)32(16-7-17(33-5)9-18(8-16)34-22(23,24)25)30-14(3)20-21(26)27-11-19(29-20)15-10-28-31(4)12-15/h6-12H,1-2H2,3-5H3,(H2,26,27)/b30-14+. The van der Waals surface area contributed by atoms with Gasteiger partial charge in [-0.1, -0.05) is 13.2 Å². The van der Waals surface area contributed by atoms with Gasteiger partial charge >= 0.3 is 6.36 Å². The number of rotatable bonds is 8. The van der Waals surface area contributed by atoms with E-state index in [4.69, 9.17) is 10.5 Å². The van der Waals surface area contributed by atoms with Crippen LogP contribution >= 0.6 is 0 Å². The minimum Gasteiger partial charge on any atom is -0.497 e. The molecule has 0 bridgehead atoms. The van der Waals surface area contributed by atoms with Crippen LogP contribution in [0, 0.1) is 0 Å². The van der Waals surface area contributed by atoms with Crippen molar-refractivity contribution in [2.24, 2.45) is 12.1 Å². The number of hydrazone groups is 1. The van der Waals surface area contributed by atoms with Crippen LogP contribution in [0.15, 0.2) is 66.8 Å². The summed E-state index contributed by atoms with van der Waals surface area (Å²) in [4.78, 5) is 8.72. The third-order valence-electron chi connectivity index (χ3n) is 4.48. The summed E-state index contributed by atoms with van der Waals surface area (Å²) in [5.74, 6) is -0.261. The van der Waals surface area contributed by atoms with Crippen molar-refractivity contribution in [3.63, 3.8) is 0 Å². The molecule has 0 spiro atoms. The van der Waals surface area contributed by atoms with Gasteiger partial charge in [-0.2, -0.15) is 10.2 Å². The van der Waals surface area contributed by atoms with Crippen molar-refractivity contribution < 1.29 is 22.6 Å². The Bertz CT molecular complexity index is 1250. The highest BCUT2D eigenvalue weighted by Gasteiger charge is 2.31. The van der Waals surface area contributed by atoms with Gasteiger partial charge in [-0.05, 0) is 13.0 Å². The molecule has 2 N–H and O–H groups in total. The Morgan fingerprint density at radius 1 is 1.24 bits per heavy atom. The van der Waals surface area contributed by atoms with Crippen molar-refractivity contribution in [1.82, 2.24) is 19.7 Å². The number of benzene rings is 1. The number of hydrogen-bond donors (Lipinski definition) is 1. The van der Waals surface area contributed by atoms with E-state index < -0.39 is 12.1 Å². The highest BCUT2D eigenvalue weighted by Crippen LogP contribution is 2.34. The Morgan fingerprint density at radius 3 is 2.53 bits per heavy atom. The second-order valence-electron chi connectivity index (χ2n) is 7.00. The zero-order chi connectivity index (χ0) is 25.0. The summed E-state index contributed by atoms with van der Waals surface area (Å²) < 4.78 is 49.3. The molecule has 0 aliphatic carbocycles. The number of aryl methyl sites for hydroxylation is 1. The normalized spacial score (nSPS) is 11.8. The second-order valence-corrected chi connectivity index (χ2v) is 7.00. The van der Waals surface area contributed by atoms with Crippen LogP contribution in [-0.4, -0.2) is 38.9 Å². The summed E-state index contributed by atoms with van der Waals surface area (Å²) in [7, 11) is 3.09. The molecule has 0 saturated heterocycles. The van der Waals surface area contributed by atoms with Crippen molar-refractivity contribution >= 4 is 17.2 Å². The number of nitrogen functional groups attached to an aromatic ring is 1. The summed E-state index contributed by atoms with van der Waals surface area (Å²) in [5, 5.41) is 9.87. The van der Waals surface area contributed by atoms with Gasteiger partial charge in [0.25, 0.3) is 0 Å². The van der Waals surface area contributed by atoms with E-state index in [2.05, 4.69) is 38.1 Å². The van der Waals surface area contributed by atoms with Crippen molar-refractivity contribution in [2.75, 3.05) is 17.9 Å². The molecule has 2 heterocycles. The number of nitrogens with two attached hydrogens (primary N) is 1. The molecule has 0 atom stereocenters.